The van der Waals surface area contributed by atoms with Crippen LogP contribution in [0, 0.1) is 0 Å². The van der Waals surface area contributed by atoms with Gasteiger partial charge in [0.15, 0.2) is 0 Å². The number of carbonyl (C=O) groups is 3. The number of carbonyl (C=O) groups excluding carboxylic acids is 2. The number of aryl methyl sites for hydroxylation is 1. The van der Waals surface area contributed by atoms with Gasteiger partial charge in [-0.15, -0.1) is 23.5 Å². The van der Waals surface area contributed by atoms with E-state index in [0.29, 0.717) is 25.8 Å². The average Bonchev–Trinajstić information content (AvgIpc) is 3.42. The number of carboxylic acid groups (broad SMARTS) is 1. The van der Waals surface area contributed by atoms with Gasteiger partial charge in [0.2, 0.25) is 5.91 Å². The van der Waals surface area contributed by atoms with Crippen LogP contribution in [0.3, 0.4) is 0 Å². The average molecular weight is 483 g/mol. The Labute approximate surface area is 196 Å². The fraction of sp³-hybridized carbons (Fsp3) is 0.591. The minimum absolute atomic E-state index is 0.219. The number of rotatable bonds is 10. The predicted molar refractivity (Wildman–Crippen MR) is 124 cm³/mol. The third kappa shape index (κ3) is 6.18. The Hall–Kier alpha value is -1.75. The maximum Gasteiger partial charge on any atom is 0.359 e. The predicted octanol–water partition coefficient (Wildman–Crippen LogP) is 2.32. The summed E-state index contributed by atoms with van der Waals surface area (Å²) in [7, 11) is 0. The Bertz CT molecular complexity index is 803. The molecule has 2 fully saturated rings. The number of hydrogen-bond acceptors (Lipinski definition) is 8. The number of amides is 1. The van der Waals surface area contributed by atoms with E-state index < -0.39 is 30.1 Å². The number of nitrogens with zero attached hydrogens (tertiary/aromatic N) is 1. The van der Waals surface area contributed by atoms with E-state index in [1.54, 1.807) is 37.4 Å². The molecule has 0 radical (unpaired) electrons. The highest BCUT2D eigenvalue weighted by Crippen LogP contribution is 2.51. The van der Waals surface area contributed by atoms with Crippen LogP contribution in [0.1, 0.15) is 32.3 Å². The van der Waals surface area contributed by atoms with E-state index in [-0.39, 0.29) is 16.6 Å². The Morgan fingerprint density at radius 2 is 1.94 bits per heavy atom. The van der Waals surface area contributed by atoms with Crippen molar-refractivity contribution < 1.29 is 29.3 Å². The highest BCUT2D eigenvalue weighted by Gasteiger charge is 2.52. The number of hydrogen-bond donors (Lipinski definition) is 2. The summed E-state index contributed by atoms with van der Waals surface area (Å²) in [5.74, 6) is -0.00442. The lowest BCUT2D eigenvalue weighted by atomic mass is 10.0. The molecule has 10 heteroatoms. The van der Waals surface area contributed by atoms with Crippen LogP contribution in [0.5, 0.6) is 0 Å². The third-order valence-corrected chi connectivity index (χ3v) is 9.03. The Kier molecular flexibility index (Phi) is 8.87. The SMILES string of the molecule is CCOOC(=O)[C@H](CCc1ccccc1)N[C@@H](C)C(=O)N1CC2(C[C@H]1C(=O)O)SCCS2. The van der Waals surface area contributed by atoms with Crippen LogP contribution in [-0.4, -0.2) is 74.7 Å². The first-order valence-corrected chi connectivity index (χ1v) is 12.8. The van der Waals surface area contributed by atoms with Gasteiger partial charge in [-0.2, -0.15) is 4.89 Å². The number of thioether (sulfide) groups is 2. The van der Waals surface area contributed by atoms with Crippen molar-refractivity contribution in [2.24, 2.45) is 0 Å². The highest BCUT2D eigenvalue weighted by atomic mass is 32.2. The van der Waals surface area contributed by atoms with Crippen molar-refractivity contribution in [3.63, 3.8) is 0 Å². The summed E-state index contributed by atoms with van der Waals surface area (Å²) >= 11 is 3.47. The summed E-state index contributed by atoms with van der Waals surface area (Å²) in [6.07, 6.45) is 1.45. The largest absolute Gasteiger partial charge is 0.480 e. The van der Waals surface area contributed by atoms with Gasteiger partial charge in [-0.3, -0.25) is 15.0 Å². The molecule has 1 amide bonds. The second kappa shape index (κ2) is 11.4. The topological polar surface area (TPSA) is 105 Å². The molecule has 0 bridgehead atoms. The fourth-order valence-electron chi connectivity index (χ4n) is 4.02. The minimum Gasteiger partial charge on any atom is -0.480 e. The first-order chi connectivity index (χ1) is 15.3. The molecule has 8 nitrogen and oxygen atoms in total. The molecule has 2 aliphatic heterocycles. The Morgan fingerprint density at radius 1 is 1.25 bits per heavy atom. The van der Waals surface area contributed by atoms with Crippen LogP contribution < -0.4 is 5.32 Å². The second-order valence-corrected chi connectivity index (χ2v) is 11.1. The number of aliphatic carboxylic acids is 1. The zero-order chi connectivity index (χ0) is 23.1. The number of carboxylic acids is 1. The van der Waals surface area contributed by atoms with Crippen LogP contribution in [0.25, 0.3) is 0 Å². The van der Waals surface area contributed by atoms with Gasteiger partial charge in [0, 0.05) is 24.5 Å². The van der Waals surface area contributed by atoms with E-state index in [0.717, 1.165) is 17.1 Å². The van der Waals surface area contributed by atoms with Crippen molar-refractivity contribution in [1.82, 2.24) is 10.2 Å². The molecule has 32 heavy (non-hydrogen) atoms. The van der Waals surface area contributed by atoms with E-state index in [1.807, 2.05) is 30.3 Å². The van der Waals surface area contributed by atoms with Gasteiger partial charge in [0.05, 0.1) is 16.7 Å². The number of benzene rings is 1. The van der Waals surface area contributed by atoms with E-state index in [1.165, 1.54) is 4.90 Å². The third-order valence-electron chi connectivity index (χ3n) is 5.60. The molecule has 2 heterocycles. The minimum atomic E-state index is -0.994. The molecule has 1 aromatic carbocycles. The summed E-state index contributed by atoms with van der Waals surface area (Å²) in [5, 5.41) is 12.8. The Morgan fingerprint density at radius 3 is 2.56 bits per heavy atom. The van der Waals surface area contributed by atoms with Crippen LogP contribution in [0.15, 0.2) is 30.3 Å². The van der Waals surface area contributed by atoms with E-state index >= 15 is 0 Å². The van der Waals surface area contributed by atoms with Crippen LogP contribution in [-0.2, 0) is 30.6 Å². The van der Waals surface area contributed by atoms with Crippen molar-refractivity contribution in [2.45, 2.75) is 55.3 Å². The smallest absolute Gasteiger partial charge is 0.359 e. The van der Waals surface area contributed by atoms with Crippen molar-refractivity contribution in [3.8, 4) is 0 Å². The van der Waals surface area contributed by atoms with Gasteiger partial charge in [0.25, 0.3) is 0 Å². The standard InChI is InChI=1S/C22H30N2O6S2/c1-3-29-30-21(28)17(10-9-16-7-5-4-6-8-16)23-15(2)19(25)24-14-22(31-11-12-32-22)13-18(24)20(26)27/h4-8,15,17-18,23H,3,9-14H2,1-2H3,(H,26,27)/t15-,17-,18-/m0/s1. The van der Waals surface area contributed by atoms with Crippen LogP contribution in [0.2, 0.25) is 0 Å². The zero-order valence-corrected chi connectivity index (χ0v) is 20.0. The highest BCUT2D eigenvalue weighted by molar-refractivity contribution is 8.21. The molecule has 3 rings (SSSR count). The van der Waals surface area contributed by atoms with Crippen molar-refractivity contribution in [3.05, 3.63) is 35.9 Å². The van der Waals surface area contributed by atoms with E-state index in [2.05, 4.69) is 5.32 Å². The first kappa shape index (κ1) is 24.9. The lowest BCUT2D eigenvalue weighted by Gasteiger charge is -2.28. The normalized spacial score (nSPS) is 21.4. The number of likely N-dealkylation sites (tertiary alicyclic amines) is 1. The maximum atomic E-state index is 13.2. The molecular weight excluding hydrogens is 452 g/mol. The molecule has 2 N–H and O–H groups in total. The van der Waals surface area contributed by atoms with Crippen LogP contribution >= 0.6 is 23.5 Å². The molecule has 0 unspecified atom stereocenters. The van der Waals surface area contributed by atoms with Gasteiger partial charge in [-0.1, -0.05) is 30.3 Å². The van der Waals surface area contributed by atoms with E-state index in [9.17, 15) is 19.5 Å². The van der Waals surface area contributed by atoms with E-state index in [4.69, 9.17) is 9.78 Å². The van der Waals surface area contributed by atoms with Gasteiger partial charge in [0.1, 0.15) is 12.1 Å². The molecule has 0 aromatic heterocycles. The zero-order valence-electron chi connectivity index (χ0n) is 18.3. The maximum absolute atomic E-state index is 13.2. The van der Waals surface area contributed by atoms with Gasteiger partial charge in [-0.05, 0) is 32.3 Å². The summed E-state index contributed by atoms with van der Waals surface area (Å²) in [4.78, 5) is 48.8. The molecule has 3 atom stereocenters. The lowest BCUT2D eigenvalue weighted by Crippen LogP contribution is -2.53. The molecule has 1 spiro atoms. The quantitative estimate of drug-likeness (QED) is 0.384. The molecule has 2 saturated heterocycles. The summed E-state index contributed by atoms with van der Waals surface area (Å²) in [6, 6.07) is 7.34. The van der Waals surface area contributed by atoms with Crippen LogP contribution in [0.4, 0.5) is 0 Å². The number of nitrogens with one attached hydrogen (secondary N) is 1. The molecule has 0 saturated carbocycles. The Balaban J connectivity index is 1.67. The van der Waals surface area contributed by atoms with Gasteiger partial charge >= 0.3 is 11.9 Å². The molecule has 2 aliphatic rings. The van der Waals surface area contributed by atoms with Crippen molar-refractivity contribution in [1.29, 1.82) is 0 Å². The molecular formula is C22H30N2O6S2. The first-order valence-electron chi connectivity index (χ1n) is 10.8. The van der Waals surface area contributed by atoms with Crippen molar-refractivity contribution >= 4 is 41.4 Å². The molecule has 0 aliphatic carbocycles. The van der Waals surface area contributed by atoms with Gasteiger partial charge in [-0.25, -0.2) is 9.59 Å². The molecule has 1 aromatic rings. The lowest BCUT2D eigenvalue weighted by molar-refractivity contribution is -0.271. The van der Waals surface area contributed by atoms with Gasteiger partial charge < -0.3 is 10.0 Å². The fourth-order valence-corrected chi connectivity index (χ4v) is 7.28. The van der Waals surface area contributed by atoms with Crippen molar-refractivity contribution in [2.75, 3.05) is 24.7 Å². The monoisotopic (exact) mass is 482 g/mol. The summed E-state index contributed by atoms with van der Waals surface area (Å²) in [5.41, 5.74) is 1.06. The second-order valence-electron chi connectivity index (χ2n) is 7.91. The molecule has 176 valence electrons. The summed E-state index contributed by atoms with van der Waals surface area (Å²) in [6.45, 7) is 3.98. The summed E-state index contributed by atoms with van der Waals surface area (Å²) < 4.78 is -0.251.